The molecule has 1 amide bonds. The summed E-state index contributed by atoms with van der Waals surface area (Å²) in [6.45, 7) is 1.93. The quantitative estimate of drug-likeness (QED) is 0.856. The lowest BCUT2D eigenvalue weighted by Crippen LogP contribution is -2.27. The molecule has 0 aliphatic carbocycles. The minimum atomic E-state index is -0.218. The predicted molar refractivity (Wildman–Crippen MR) is 88.0 cm³/mol. The molecule has 1 N–H and O–H groups in total. The highest BCUT2D eigenvalue weighted by molar-refractivity contribution is 9.10. The summed E-state index contributed by atoms with van der Waals surface area (Å²) in [7, 11) is 1.53. The monoisotopic (exact) mass is 367 g/mol. The van der Waals surface area contributed by atoms with Gasteiger partial charge in [-0.05, 0) is 42.8 Å². The summed E-state index contributed by atoms with van der Waals surface area (Å²) in [5, 5.41) is 3.44. The van der Waals surface area contributed by atoms with E-state index in [1.165, 1.54) is 7.11 Å². The van der Waals surface area contributed by atoms with Crippen molar-refractivity contribution in [2.24, 2.45) is 0 Å². The zero-order valence-corrected chi connectivity index (χ0v) is 14.0. The second-order valence-corrected chi connectivity index (χ2v) is 5.94. The zero-order valence-electron chi connectivity index (χ0n) is 11.7. The molecule has 0 aliphatic heterocycles. The molecule has 5 heteroatoms. The van der Waals surface area contributed by atoms with Crippen LogP contribution in [0.5, 0.6) is 5.75 Å². The summed E-state index contributed by atoms with van der Waals surface area (Å²) in [5.41, 5.74) is 1.45. The van der Waals surface area contributed by atoms with Crippen LogP contribution in [0.15, 0.2) is 46.9 Å². The van der Waals surface area contributed by atoms with Crippen molar-refractivity contribution in [3.63, 3.8) is 0 Å². The lowest BCUT2D eigenvalue weighted by atomic mass is 10.1. The van der Waals surface area contributed by atoms with E-state index in [2.05, 4.69) is 21.2 Å². The summed E-state index contributed by atoms with van der Waals surface area (Å²) < 4.78 is 6.20. The number of halogens is 2. The Morgan fingerprint density at radius 1 is 1.24 bits per heavy atom. The Kier molecular flexibility index (Phi) is 5.26. The molecular formula is C16H15BrClNO2. The van der Waals surface area contributed by atoms with Crippen LogP contribution in [0.1, 0.15) is 28.9 Å². The Morgan fingerprint density at radius 2 is 1.90 bits per heavy atom. The molecule has 0 aliphatic rings. The molecular weight excluding hydrogens is 354 g/mol. The number of ether oxygens (including phenoxy) is 1. The van der Waals surface area contributed by atoms with E-state index in [4.69, 9.17) is 16.3 Å². The van der Waals surface area contributed by atoms with Gasteiger partial charge in [-0.25, -0.2) is 0 Å². The number of carbonyl (C=O) groups is 1. The Balaban J connectivity index is 2.17. The molecule has 0 unspecified atom stereocenters. The van der Waals surface area contributed by atoms with Gasteiger partial charge in [-0.15, -0.1) is 0 Å². The number of hydrogen-bond acceptors (Lipinski definition) is 2. The van der Waals surface area contributed by atoms with Gasteiger partial charge in [-0.3, -0.25) is 4.79 Å². The molecule has 2 aromatic carbocycles. The second-order valence-electron chi connectivity index (χ2n) is 4.59. The zero-order chi connectivity index (χ0) is 15.4. The van der Waals surface area contributed by atoms with Gasteiger partial charge in [0.25, 0.3) is 5.91 Å². The van der Waals surface area contributed by atoms with E-state index in [-0.39, 0.29) is 11.9 Å². The first-order valence-corrected chi connectivity index (χ1v) is 7.58. The third kappa shape index (κ3) is 3.99. The van der Waals surface area contributed by atoms with Crippen LogP contribution in [-0.4, -0.2) is 13.0 Å². The lowest BCUT2D eigenvalue weighted by Gasteiger charge is -2.16. The van der Waals surface area contributed by atoms with Crippen molar-refractivity contribution >= 4 is 33.4 Å². The molecule has 3 nitrogen and oxygen atoms in total. The lowest BCUT2D eigenvalue weighted by molar-refractivity contribution is 0.0937. The first-order chi connectivity index (χ1) is 10.0. The van der Waals surface area contributed by atoms with Crippen LogP contribution in [0, 0.1) is 0 Å². The molecule has 2 rings (SSSR count). The van der Waals surface area contributed by atoms with E-state index in [0.29, 0.717) is 16.3 Å². The maximum absolute atomic E-state index is 12.4. The second kappa shape index (κ2) is 6.96. The summed E-state index contributed by atoms with van der Waals surface area (Å²) in [4.78, 5) is 12.4. The molecule has 0 fully saturated rings. The number of amides is 1. The first-order valence-electron chi connectivity index (χ1n) is 6.41. The molecule has 0 radical (unpaired) electrons. The maximum atomic E-state index is 12.4. The summed E-state index contributed by atoms with van der Waals surface area (Å²) in [5.74, 6) is 0.282. The molecule has 1 atom stereocenters. The Bertz CT molecular complexity index is 643. The van der Waals surface area contributed by atoms with Gasteiger partial charge in [0, 0.05) is 9.50 Å². The standard InChI is InChI=1S/C16H15BrClNO2/c1-10(11-3-5-12(17)6-4-11)19-16(20)14-9-13(18)7-8-15(14)21-2/h3-10H,1-2H3,(H,19,20)/t10-/m0/s1. The SMILES string of the molecule is COc1ccc(Cl)cc1C(=O)N[C@@H](C)c1ccc(Br)cc1. The van der Waals surface area contributed by atoms with Crippen LogP contribution in [0.3, 0.4) is 0 Å². The number of rotatable bonds is 4. The molecule has 0 bridgehead atoms. The molecule has 0 saturated heterocycles. The van der Waals surface area contributed by atoms with Crippen LogP contribution in [0.4, 0.5) is 0 Å². The third-order valence-corrected chi connectivity index (χ3v) is 3.89. The largest absolute Gasteiger partial charge is 0.496 e. The van der Waals surface area contributed by atoms with Crippen molar-refractivity contribution in [2.75, 3.05) is 7.11 Å². The van der Waals surface area contributed by atoms with Crippen LogP contribution in [-0.2, 0) is 0 Å². The van der Waals surface area contributed by atoms with Crippen LogP contribution in [0.2, 0.25) is 5.02 Å². The predicted octanol–water partition coefficient (Wildman–Crippen LogP) is 4.60. The van der Waals surface area contributed by atoms with Crippen molar-refractivity contribution in [1.82, 2.24) is 5.32 Å². The van der Waals surface area contributed by atoms with Gasteiger partial charge in [-0.1, -0.05) is 39.7 Å². The summed E-state index contributed by atoms with van der Waals surface area (Å²) in [6, 6.07) is 12.7. The van der Waals surface area contributed by atoms with Gasteiger partial charge in [0.15, 0.2) is 0 Å². The fourth-order valence-electron chi connectivity index (χ4n) is 1.97. The van der Waals surface area contributed by atoms with E-state index < -0.39 is 0 Å². The van der Waals surface area contributed by atoms with Crippen molar-refractivity contribution in [2.45, 2.75) is 13.0 Å². The van der Waals surface area contributed by atoms with Gasteiger partial charge >= 0.3 is 0 Å². The van der Waals surface area contributed by atoms with E-state index in [1.54, 1.807) is 18.2 Å². The van der Waals surface area contributed by atoms with E-state index >= 15 is 0 Å². The molecule has 21 heavy (non-hydrogen) atoms. The van der Waals surface area contributed by atoms with Crippen molar-refractivity contribution in [3.8, 4) is 5.75 Å². The van der Waals surface area contributed by atoms with Crippen LogP contribution >= 0.6 is 27.5 Å². The van der Waals surface area contributed by atoms with Gasteiger partial charge in [-0.2, -0.15) is 0 Å². The van der Waals surface area contributed by atoms with Gasteiger partial charge in [0.1, 0.15) is 5.75 Å². The van der Waals surface area contributed by atoms with Gasteiger partial charge in [0.05, 0.1) is 18.7 Å². The van der Waals surface area contributed by atoms with Gasteiger partial charge in [0.2, 0.25) is 0 Å². The maximum Gasteiger partial charge on any atom is 0.255 e. The Hall–Kier alpha value is -1.52. The molecule has 0 heterocycles. The topological polar surface area (TPSA) is 38.3 Å². The molecule has 0 saturated carbocycles. The van der Waals surface area contributed by atoms with E-state index in [0.717, 1.165) is 10.0 Å². The Labute approximate surface area is 137 Å². The fourth-order valence-corrected chi connectivity index (χ4v) is 2.40. The molecule has 2 aromatic rings. The normalized spacial score (nSPS) is 11.8. The van der Waals surface area contributed by atoms with Crippen LogP contribution < -0.4 is 10.1 Å². The van der Waals surface area contributed by atoms with Crippen molar-refractivity contribution in [1.29, 1.82) is 0 Å². The van der Waals surface area contributed by atoms with Crippen molar-refractivity contribution < 1.29 is 9.53 Å². The summed E-state index contributed by atoms with van der Waals surface area (Å²) in [6.07, 6.45) is 0. The molecule has 0 aromatic heterocycles. The third-order valence-electron chi connectivity index (χ3n) is 3.12. The highest BCUT2D eigenvalue weighted by Gasteiger charge is 2.16. The molecule has 110 valence electrons. The number of nitrogens with one attached hydrogen (secondary N) is 1. The van der Waals surface area contributed by atoms with E-state index in [1.807, 2.05) is 31.2 Å². The minimum Gasteiger partial charge on any atom is -0.496 e. The number of methoxy groups -OCH3 is 1. The highest BCUT2D eigenvalue weighted by atomic mass is 79.9. The minimum absolute atomic E-state index is 0.116. The van der Waals surface area contributed by atoms with E-state index in [9.17, 15) is 4.79 Å². The summed E-state index contributed by atoms with van der Waals surface area (Å²) >= 11 is 9.34. The van der Waals surface area contributed by atoms with Crippen molar-refractivity contribution in [3.05, 3.63) is 63.1 Å². The fraction of sp³-hybridized carbons (Fsp3) is 0.188. The number of benzene rings is 2. The average Bonchev–Trinajstić information content (AvgIpc) is 2.47. The first kappa shape index (κ1) is 15.9. The average molecular weight is 369 g/mol. The van der Waals surface area contributed by atoms with Gasteiger partial charge < -0.3 is 10.1 Å². The van der Waals surface area contributed by atoms with Crippen LogP contribution in [0.25, 0.3) is 0 Å². The number of hydrogen-bond donors (Lipinski definition) is 1. The smallest absolute Gasteiger partial charge is 0.255 e. The highest BCUT2D eigenvalue weighted by Crippen LogP contribution is 2.24. The molecule has 0 spiro atoms. The Morgan fingerprint density at radius 3 is 2.52 bits per heavy atom. The number of carbonyl (C=O) groups excluding carboxylic acids is 1.